The zero-order valence-corrected chi connectivity index (χ0v) is 9.63. The Hall–Kier alpha value is -1.14. The molecule has 0 aliphatic carbocycles. The van der Waals surface area contributed by atoms with E-state index in [0.29, 0.717) is 4.47 Å². The van der Waals surface area contributed by atoms with Crippen molar-refractivity contribution in [2.75, 3.05) is 5.73 Å². The minimum absolute atomic E-state index is 0.0526. The largest absolute Gasteiger partial charge is 0.381 e. The third-order valence-electron chi connectivity index (χ3n) is 1.70. The van der Waals surface area contributed by atoms with Crippen molar-refractivity contribution in [1.29, 1.82) is 0 Å². The normalized spacial score (nSPS) is 10.6. The Bertz CT molecular complexity index is 494. The number of aromatic nitrogens is 3. The van der Waals surface area contributed by atoms with Crippen molar-refractivity contribution in [2.45, 2.75) is 0 Å². The molecule has 2 heterocycles. The second kappa shape index (κ2) is 3.79. The van der Waals surface area contributed by atoms with E-state index in [9.17, 15) is 4.39 Å². The van der Waals surface area contributed by atoms with Crippen LogP contribution in [0.3, 0.4) is 0 Å². The predicted octanol–water partition coefficient (Wildman–Crippen LogP) is 2.40. The number of nitrogen functional groups attached to an aromatic ring is 1. The second-order valence-corrected chi connectivity index (χ2v) is 4.09. The number of halogens is 3. The lowest BCUT2D eigenvalue weighted by molar-refractivity contribution is 0.600. The SMILES string of the molecule is Nc1nn(-c2ncc(Br)cc2F)cc1Cl. The van der Waals surface area contributed by atoms with E-state index in [4.69, 9.17) is 17.3 Å². The van der Waals surface area contributed by atoms with Crippen molar-refractivity contribution in [3.8, 4) is 5.82 Å². The van der Waals surface area contributed by atoms with Crippen LogP contribution in [0.25, 0.3) is 5.82 Å². The standard InChI is InChI=1S/C8H5BrClFN4/c9-4-1-6(11)8(13-2-4)15-3-5(10)7(12)14-15/h1-3H,(H2,12,14). The molecule has 0 radical (unpaired) electrons. The summed E-state index contributed by atoms with van der Waals surface area (Å²) >= 11 is 8.80. The van der Waals surface area contributed by atoms with E-state index in [-0.39, 0.29) is 16.7 Å². The van der Waals surface area contributed by atoms with Crippen molar-refractivity contribution < 1.29 is 4.39 Å². The molecule has 0 aliphatic heterocycles. The average molecular weight is 292 g/mol. The highest BCUT2D eigenvalue weighted by Crippen LogP contribution is 2.20. The molecule has 0 atom stereocenters. The maximum Gasteiger partial charge on any atom is 0.189 e. The topological polar surface area (TPSA) is 56.7 Å². The fourth-order valence-corrected chi connectivity index (χ4v) is 1.48. The molecule has 7 heteroatoms. The molecule has 2 aromatic rings. The minimum Gasteiger partial charge on any atom is -0.381 e. The van der Waals surface area contributed by atoms with Gasteiger partial charge in [0.1, 0.15) is 5.02 Å². The molecule has 0 unspecified atom stereocenters. The lowest BCUT2D eigenvalue weighted by Gasteiger charge is -2.01. The highest BCUT2D eigenvalue weighted by Gasteiger charge is 2.10. The zero-order chi connectivity index (χ0) is 11.0. The van der Waals surface area contributed by atoms with Crippen molar-refractivity contribution in [3.05, 3.63) is 33.8 Å². The van der Waals surface area contributed by atoms with E-state index in [2.05, 4.69) is 26.0 Å². The molecule has 4 nitrogen and oxygen atoms in total. The van der Waals surface area contributed by atoms with Gasteiger partial charge < -0.3 is 5.73 Å². The average Bonchev–Trinajstić information content (AvgIpc) is 2.46. The maximum atomic E-state index is 13.4. The number of anilines is 1. The molecule has 0 fully saturated rings. The summed E-state index contributed by atoms with van der Waals surface area (Å²) in [5, 5.41) is 4.08. The van der Waals surface area contributed by atoms with Crippen LogP contribution in [-0.2, 0) is 0 Å². The first-order chi connectivity index (χ1) is 7.08. The Morgan fingerprint density at radius 1 is 1.53 bits per heavy atom. The van der Waals surface area contributed by atoms with Crippen molar-refractivity contribution in [2.24, 2.45) is 0 Å². The Morgan fingerprint density at radius 2 is 2.27 bits per heavy atom. The molecule has 0 saturated carbocycles. The van der Waals surface area contributed by atoms with Gasteiger partial charge in [0.2, 0.25) is 0 Å². The zero-order valence-electron chi connectivity index (χ0n) is 7.28. The van der Waals surface area contributed by atoms with Crippen LogP contribution in [0, 0.1) is 5.82 Å². The van der Waals surface area contributed by atoms with Crippen LogP contribution in [0.4, 0.5) is 10.2 Å². The van der Waals surface area contributed by atoms with Gasteiger partial charge in [-0.05, 0) is 22.0 Å². The number of rotatable bonds is 1. The van der Waals surface area contributed by atoms with E-state index < -0.39 is 5.82 Å². The first-order valence-electron chi connectivity index (χ1n) is 3.90. The minimum atomic E-state index is -0.511. The molecule has 2 rings (SSSR count). The first kappa shape index (κ1) is 10.4. The molecular formula is C8H5BrClFN4. The molecule has 15 heavy (non-hydrogen) atoms. The van der Waals surface area contributed by atoms with E-state index in [1.807, 2.05) is 0 Å². The van der Waals surface area contributed by atoms with Gasteiger partial charge >= 0.3 is 0 Å². The van der Waals surface area contributed by atoms with Crippen molar-refractivity contribution in [3.63, 3.8) is 0 Å². The summed E-state index contributed by atoms with van der Waals surface area (Å²) in [6.45, 7) is 0. The summed E-state index contributed by atoms with van der Waals surface area (Å²) in [6, 6.07) is 1.29. The van der Waals surface area contributed by atoms with E-state index >= 15 is 0 Å². The van der Waals surface area contributed by atoms with Crippen LogP contribution in [-0.4, -0.2) is 14.8 Å². The molecule has 2 aromatic heterocycles. The smallest absolute Gasteiger partial charge is 0.189 e. The fourth-order valence-electron chi connectivity index (χ4n) is 1.05. The molecule has 0 amide bonds. The van der Waals surface area contributed by atoms with E-state index in [0.717, 1.165) is 0 Å². The first-order valence-corrected chi connectivity index (χ1v) is 5.07. The number of nitrogens with two attached hydrogens (primary N) is 1. The van der Waals surface area contributed by atoms with Gasteiger partial charge in [0, 0.05) is 10.7 Å². The summed E-state index contributed by atoms with van der Waals surface area (Å²) in [7, 11) is 0. The second-order valence-electron chi connectivity index (χ2n) is 2.77. The highest BCUT2D eigenvalue weighted by atomic mass is 79.9. The number of pyridine rings is 1. The lowest BCUT2D eigenvalue weighted by Crippen LogP contribution is -2.02. The monoisotopic (exact) mass is 290 g/mol. The fraction of sp³-hybridized carbons (Fsp3) is 0. The maximum absolute atomic E-state index is 13.4. The van der Waals surface area contributed by atoms with Gasteiger partial charge in [0.25, 0.3) is 0 Å². The van der Waals surface area contributed by atoms with Crippen LogP contribution in [0.2, 0.25) is 5.02 Å². The molecule has 2 N–H and O–H groups in total. The highest BCUT2D eigenvalue weighted by molar-refractivity contribution is 9.10. The van der Waals surface area contributed by atoms with Crippen molar-refractivity contribution >= 4 is 33.3 Å². The quantitative estimate of drug-likeness (QED) is 0.878. The van der Waals surface area contributed by atoms with Crippen LogP contribution in [0.1, 0.15) is 0 Å². The van der Waals surface area contributed by atoms with Crippen LogP contribution in [0.5, 0.6) is 0 Å². The molecule has 0 aliphatic rings. The third-order valence-corrected chi connectivity index (χ3v) is 2.43. The lowest BCUT2D eigenvalue weighted by atomic mass is 10.4. The summed E-state index contributed by atoms with van der Waals surface area (Å²) in [5.74, 6) is -0.318. The van der Waals surface area contributed by atoms with Gasteiger partial charge in [-0.25, -0.2) is 14.1 Å². The summed E-state index contributed by atoms with van der Waals surface area (Å²) in [6.07, 6.45) is 2.86. The number of hydrogen-bond donors (Lipinski definition) is 1. The van der Waals surface area contributed by atoms with E-state index in [1.54, 1.807) is 0 Å². The van der Waals surface area contributed by atoms with Crippen LogP contribution < -0.4 is 5.73 Å². The Labute approximate surface area is 98.0 Å². The number of hydrogen-bond acceptors (Lipinski definition) is 3. The molecule has 78 valence electrons. The van der Waals surface area contributed by atoms with Gasteiger partial charge in [-0.15, -0.1) is 5.10 Å². The van der Waals surface area contributed by atoms with Gasteiger partial charge in [-0.3, -0.25) is 0 Å². The molecule has 0 bridgehead atoms. The van der Waals surface area contributed by atoms with Gasteiger partial charge in [-0.1, -0.05) is 11.6 Å². The third kappa shape index (κ3) is 1.95. The summed E-state index contributed by atoms with van der Waals surface area (Å²) < 4.78 is 15.2. The summed E-state index contributed by atoms with van der Waals surface area (Å²) in [4.78, 5) is 3.87. The molecule has 0 aromatic carbocycles. The van der Waals surface area contributed by atoms with Gasteiger partial charge in [-0.2, -0.15) is 0 Å². The van der Waals surface area contributed by atoms with Crippen LogP contribution >= 0.6 is 27.5 Å². The Kier molecular flexibility index (Phi) is 2.62. The van der Waals surface area contributed by atoms with Crippen LogP contribution in [0.15, 0.2) is 22.9 Å². The Balaban J connectivity index is 2.54. The molecule has 0 saturated heterocycles. The van der Waals surface area contributed by atoms with Gasteiger partial charge in [0.05, 0.1) is 6.20 Å². The summed E-state index contributed by atoms with van der Waals surface area (Å²) in [5.41, 5.74) is 5.43. The van der Waals surface area contributed by atoms with Crippen molar-refractivity contribution in [1.82, 2.24) is 14.8 Å². The molecule has 0 spiro atoms. The molecular weight excluding hydrogens is 286 g/mol. The Morgan fingerprint density at radius 3 is 2.80 bits per heavy atom. The van der Waals surface area contributed by atoms with E-state index in [1.165, 1.54) is 23.1 Å². The number of nitrogens with zero attached hydrogens (tertiary/aromatic N) is 3. The predicted molar refractivity (Wildman–Crippen MR) is 58.4 cm³/mol. The van der Waals surface area contributed by atoms with Gasteiger partial charge in [0.15, 0.2) is 17.5 Å².